The molecule has 1 aromatic heterocycles. The van der Waals surface area contributed by atoms with E-state index in [-0.39, 0.29) is 23.1 Å². The first-order valence-corrected chi connectivity index (χ1v) is 16.1. The highest BCUT2D eigenvalue weighted by molar-refractivity contribution is 7.89. The molecule has 2 aromatic rings. The first-order valence-electron chi connectivity index (χ1n) is 10.9. The van der Waals surface area contributed by atoms with Crippen molar-refractivity contribution in [2.75, 3.05) is 20.3 Å². The van der Waals surface area contributed by atoms with Gasteiger partial charge in [0.25, 0.3) is 0 Å². The van der Waals surface area contributed by atoms with E-state index in [1.165, 1.54) is 30.6 Å². The van der Waals surface area contributed by atoms with Crippen LogP contribution in [0.3, 0.4) is 0 Å². The van der Waals surface area contributed by atoms with Crippen LogP contribution < -0.4 is 4.74 Å². The summed E-state index contributed by atoms with van der Waals surface area (Å²) >= 11 is 1.53. The van der Waals surface area contributed by atoms with E-state index in [0.29, 0.717) is 12.2 Å². The lowest BCUT2D eigenvalue weighted by Gasteiger charge is -2.39. The van der Waals surface area contributed by atoms with Crippen LogP contribution in [0.5, 0.6) is 5.75 Å². The minimum absolute atomic E-state index is 0.0452. The SMILES string of the molecule is COc1ccc(S(=O)(=O)N2CCc3sccc3[C@@H](CO[Si](C)(C)C(C)(C)C)[C@@H]2C(=O)O)cc1. The normalized spacial score (nSPS) is 20.2. The summed E-state index contributed by atoms with van der Waals surface area (Å²) in [5.74, 6) is -1.24. The number of carboxylic acids is 1. The van der Waals surface area contributed by atoms with Crippen molar-refractivity contribution in [3.63, 3.8) is 0 Å². The molecule has 2 atom stereocenters. The van der Waals surface area contributed by atoms with Gasteiger partial charge in [-0.3, -0.25) is 4.79 Å². The molecule has 0 aliphatic carbocycles. The van der Waals surface area contributed by atoms with Gasteiger partial charge in [0.1, 0.15) is 11.8 Å². The van der Waals surface area contributed by atoms with Gasteiger partial charge in [-0.15, -0.1) is 11.3 Å². The summed E-state index contributed by atoms with van der Waals surface area (Å²) in [6.07, 6.45) is 0.461. The smallest absolute Gasteiger partial charge is 0.322 e. The Bertz CT molecular complexity index is 1090. The van der Waals surface area contributed by atoms with Crippen LogP contribution in [0.4, 0.5) is 0 Å². The number of carboxylic acid groups (broad SMARTS) is 1. The van der Waals surface area contributed by atoms with Crippen LogP contribution in [0.2, 0.25) is 18.1 Å². The second kappa shape index (κ2) is 9.50. The number of aliphatic carboxylic acids is 1. The van der Waals surface area contributed by atoms with E-state index < -0.39 is 36.3 Å². The Morgan fingerprint density at radius 2 is 1.85 bits per heavy atom. The summed E-state index contributed by atoms with van der Waals surface area (Å²) in [6, 6.07) is 6.69. The van der Waals surface area contributed by atoms with Crippen LogP contribution >= 0.6 is 11.3 Å². The fourth-order valence-corrected chi connectivity index (χ4v) is 7.34. The predicted molar refractivity (Wildman–Crippen MR) is 132 cm³/mol. The van der Waals surface area contributed by atoms with Gasteiger partial charge >= 0.3 is 5.97 Å². The molecule has 0 saturated carbocycles. The van der Waals surface area contributed by atoms with Crippen molar-refractivity contribution < 1.29 is 27.5 Å². The lowest BCUT2D eigenvalue weighted by Crippen LogP contribution is -2.50. The Kier molecular flexibility index (Phi) is 7.45. The number of thiophene rings is 1. The first-order chi connectivity index (χ1) is 15.3. The second-order valence-corrected chi connectivity index (χ2v) is 17.5. The van der Waals surface area contributed by atoms with Gasteiger partial charge in [-0.05, 0) is 65.8 Å². The summed E-state index contributed by atoms with van der Waals surface area (Å²) in [4.78, 5) is 13.6. The number of carbonyl (C=O) groups is 1. The van der Waals surface area contributed by atoms with Crippen LogP contribution in [0, 0.1) is 0 Å². The topological polar surface area (TPSA) is 93.1 Å². The zero-order valence-electron chi connectivity index (χ0n) is 20.0. The van der Waals surface area contributed by atoms with Crippen LogP contribution in [0.1, 0.15) is 37.1 Å². The predicted octanol–water partition coefficient (Wildman–Crippen LogP) is 4.56. The summed E-state index contributed by atoms with van der Waals surface area (Å²) in [6.45, 7) is 10.8. The highest BCUT2D eigenvalue weighted by Crippen LogP contribution is 2.41. The number of hydrogen-bond acceptors (Lipinski definition) is 6. The zero-order valence-corrected chi connectivity index (χ0v) is 22.6. The maximum Gasteiger partial charge on any atom is 0.322 e. The molecule has 0 saturated heterocycles. The monoisotopic (exact) mass is 511 g/mol. The highest BCUT2D eigenvalue weighted by atomic mass is 32.2. The molecule has 0 unspecified atom stereocenters. The number of hydrogen-bond donors (Lipinski definition) is 1. The van der Waals surface area contributed by atoms with Crippen molar-refractivity contribution in [3.05, 3.63) is 46.2 Å². The molecule has 1 aliphatic heterocycles. The molecule has 0 fully saturated rings. The Morgan fingerprint density at radius 1 is 1.21 bits per heavy atom. The second-order valence-electron chi connectivity index (χ2n) is 9.80. The Morgan fingerprint density at radius 3 is 2.39 bits per heavy atom. The molecule has 2 heterocycles. The van der Waals surface area contributed by atoms with E-state index in [9.17, 15) is 18.3 Å². The number of fused-ring (bicyclic) bond motifs is 1. The minimum Gasteiger partial charge on any atom is -0.497 e. The molecular weight excluding hydrogens is 478 g/mol. The van der Waals surface area contributed by atoms with Crippen molar-refractivity contribution in [3.8, 4) is 5.75 Å². The summed E-state index contributed by atoms with van der Waals surface area (Å²) in [5.41, 5.74) is 0.874. The molecule has 0 bridgehead atoms. The van der Waals surface area contributed by atoms with E-state index in [2.05, 4.69) is 33.9 Å². The standard InChI is InChI=1S/C23H33NO6S2Si/c1-23(2,3)33(5,6)30-15-19-18-12-14-31-20(18)11-13-24(21(19)22(25)26)32(27,28)17-9-7-16(29-4)8-10-17/h7-10,12,14,19,21H,11,13,15H2,1-6H3,(H,25,26)/t19-,21-/m1/s1. The van der Waals surface area contributed by atoms with Gasteiger partial charge in [0.15, 0.2) is 8.32 Å². The number of rotatable bonds is 7. The average Bonchev–Trinajstić information content (AvgIpc) is 3.13. The van der Waals surface area contributed by atoms with Crippen LogP contribution in [-0.4, -0.2) is 58.4 Å². The van der Waals surface area contributed by atoms with E-state index in [4.69, 9.17) is 9.16 Å². The van der Waals surface area contributed by atoms with Crippen molar-refractivity contribution in [1.29, 1.82) is 0 Å². The summed E-state index contributed by atoms with van der Waals surface area (Å²) in [7, 11) is -4.74. The number of ether oxygens (including phenoxy) is 1. The molecular formula is C23H33NO6S2Si. The van der Waals surface area contributed by atoms with Crippen molar-refractivity contribution in [2.45, 2.75) is 62.2 Å². The summed E-state index contributed by atoms with van der Waals surface area (Å²) < 4.78 is 40.0. The van der Waals surface area contributed by atoms with Crippen molar-refractivity contribution >= 4 is 35.6 Å². The largest absolute Gasteiger partial charge is 0.497 e. The molecule has 1 N–H and O–H groups in total. The van der Waals surface area contributed by atoms with E-state index >= 15 is 0 Å². The average molecular weight is 512 g/mol. The van der Waals surface area contributed by atoms with Gasteiger partial charge < -0.3 is 14.3 Å². The van der Waals surface area contributed by atoms with Gasteiger partial charge in [-0.1, -0.05) is 20.8 Å². The molecule has 1 aliphatic rings. The van der Waals surface area contributed by atoms with E-state index in [1.807, 2.05) is 11.4 Å². The van der Waals surface area contributed by atoms with Crippen LogP contribution in [0.25, 0.3) is 0 Å². The van der Waals surface area contributed by atoms with Crippen molar-refractivity contribution in [1.82, 2.24) is 4.31 Å². The zero-order chi connectivity index (χ0) is 24.6. The number of methoxy groups -OCH3 is 1. The van der Waals surface area contributed by atoms with E-state index in [0.717, 1.165) is 14.7 Å². The summed E-state index contributed by atoms with van der Waals surface area (Å²) in [5, 5.41) is 12.2. The Hall–Kier alpha value is -1.72. The molecule has 7 nitrogen and oxygen atoms in total. The molecule has 3 rings (SSSR count). The number of benzene rings is 1. The Balaban J connectivity index is 2.04. The molecule has 10 heteroatoms. The van der Waals surface area contributed by atoms with Crippen LogP contribution in [0.15, 0.2) is 40.6 Å². The Labute approximate surface area is 201 Å². The van der Waals surface area contributed by atoms with Gasteiger partial charge in [0.2, 0.25) is 10.0 Å². The maximum atomic E-state index is 13.6. The third-order valence-electron chi connectivity index (χ3n) is 6.78. The van der Waals surface area contributed by atoms with Gasteiger partial charge in [-0.2, -0.15) is 4.31 Å². The number of nitrogens with zero attached hydrogens (tertiary/aromatic N) is 1. The van der Waals surface area contributed by atoms with E-state index in [1.54, 1.807) is 12.1 Å². The number of sulfonamides is 1. The quantitative estimate of drug-likeness (QED) is 0.548. The molecule has 0 amide bonds. The molecule has 33 heavy (non-hydrogen) atoms. The van der Waals surface area contributed by atoms with Gasteiger partial charge in [0, 0.05) is 23.9 Å². The van der Waals surface area contributed by atoms with Crippen molar-refractivity contribution in [2.24, 2.45) is 0 Å². The van der Waals surface area contributed by atoms with Crippen LogP contribution in [-0.2, 0) is 25.7 Å². The third kappa shape index (κ3) is 5.19. The molecule has 1 aromatic carbocycles. The maximum absolute atomic E-state index is 13.6. The fourth-order valence-electron chi connectivity index (χ4n) is 3.75. The van der Waals surface area contributed by atoms with Gasteiger partial charge in [-0.25, -0.2) is 8.42 Å². The lowest BCUT2D eigenvalue weighted by molar-refractivity contribution is -0.142. The fraction of sp³-hybridized carbons (Fsp3) is 0.522. The minimum atomic E-state index is -4.06. The lowest BCUT2D eigenvalue weighted by atomic mass is 9.93. The molecule has 182 valence electrons. The third-order valence-corrected chi connectivity index (χ3v) is 14.2. The molecule has 0 radical (unpaired) electrons. The molecule has 0 spiro atoms. The first kappa shape index (κ1) is 25.9. The van der Waals surface area contributed by atoms with Gasteiger partial charge in [0.05, 0.1) is 12.0 Å². The highest BCUT2D eigenvalue weighted by Gasteiger charge is 2.46.